The van der Waals surface area contributed by atoms with Gasteiger partial charge in [-0.15, -0.1) is 0 Å². The number of oxazole rings is 1. The molecule has 110 valence electrons. The van der Waals surface area contributed by atoms with E-state index < -0.39 is 0 Å². The molecule has 1 aliphatic carbocycles. The largest absolute Gasteiger partial charge is 0.432 e. The van der Waals surface area contributed by atoms with Gasteiger partial charge in [0.05, 0.1) is 5.69 Å². The van der Waals surface area contributed by atoms with Crippen molar-refractivity contribution in [3.05, 3.63) is 12.0 Å². The molecule has 4 rings (SSSR count). The maximum absolute atomic E-state index is 5.73. The second-order valence-electron chi connectivity index (χ2n) is 6.57. The third-order valence-corrected chi connectivity index (χ3v) is 4.87. The van der Waals surface area contributed by atoms with E-state index in [1.165, 1.54) is 32.2 Å². The monoisotopic (exact) mass is 276 g/mol. The number of piperazine rings is 1. The third kappa shape index (κ3) is 2.44. The topological polar surface area (TPSA) is 44.5 Å². The molecule has 1 aromatic rings. The summed E-state index contributed by atoms with van der Waals surface area (Å²) in [6, 6.07) is 2.73. The van der Waals surface area contributed by atoms with E-state index in [-0.39, 0.29) is 0 Å². The highest BCUT2D eigenvalue weighted by atomic mass is 16.4. The van der Waals surface area contributed by atoms with Gasteiger partial charge in [0.1, 0.15) is 6.26 Å². The summed E-state index contributed by atoms with van der Waals surface area (Å²) >= 11 is 0. The first-order valence-electron chi connectivity index (χ1n) is 7.98. The molecule has 5 heteroatoms. The van der Waals surface area contributed by atoms with Gasteiger partial charge in [0, 0.05) is 37.8 Å². The van der Waals surface area contributed by atoms with Crippen LogP contribution in [0.2, 0.25) is 0 Å². The zero-order valence-corrected chi connectivity index (χ0v) is 12.2. The number of fused-ring (bicyclic) bond motifs is 1. The zero-order valence-electron chi connectivity index (χ0n) is 12.2. The van der Waals surface area contributed by atoms with Gasteiger partial charge in [-0.2, -0.15) is 4.98 Å². The number of aromatic nitrogens is 1. The fourth-order valence-corrected chi connectivity index (χ4v) is 3.50. The van der Waals surface area contributed by atoms with Crippen molar-refractivity contribution in [1.29, 1.82) is 0 Å². The van der Waals surface area contributed by atoms with Crippen LogP contribution in [0, 0.1) is 0 Å². The molecule has 3 fully saturated rings. The average molecular weight is 276 g/mol. The predicted octanol–water partition coefficient (Wildman–Crippen LogP) is 1.60. The summed E-state index contributed by atoms with van der Waals surface area (Å²) in [5, 5.41) is 3.49. The highest BCUT2D eigenvalue weighted by Gasteiger charge is 2.36. The number of nitrogens with one attached hydrogen (secondary N) is 1. The van der Waals surface area contributed by atoms with Crippen molar-refractivity contribution in [1.82, 2.24) is 15.2 Å². The average Bonchev–Trinajstić information content (AvgIpc) is 2.97. The van der Waals surface area contributed by atoms with Crippen molar-refractivity contribution in [3.8, 4) is 0 Å². The van der Waals surface area contributed by atoms with Crippen LogP contribution in [-0.4, -0.2) is 47.6 Å². The van der Waals surface area contributed by atoms with Crippen molar-refractivity contribution < 1.29 is 4.42 Å². The predicted molar refractivity (Wildman–Crippen MR) is 77.8 cm³/mol. The number of anilines is 1. The molecule has 0 radical (unpaired) electrons. The molecule has 1 aromatic heterocycles. The number of nitrogens with zero attached hydrogens (tertiary/aromatic N) is 3. The third-order valence-electron chi connectivity index (χ3n) is 4.87. The van der Waals surface area contributed by atoms with Crippen LogP contribution >= 0.6 is 0 Å². The van der Waals surface area contributed by atoms with E-state index in [1.54, 1.807) is 0 Å². The zero-order chi connectivity index (χ0) is 13.5. The highest BCUT2D eigenvalue weighted by molar-refractivity contribution is 5.31. The van der Waals surface area contributed by atoms with E-state index in [0.717, 1.165) is 37.4 Å². The summed E-state index contributed by atoms with van der Waals surface area (Å²) in [6.45, 7) is 6.59. The quantitative estimate of drug-likeness (QED) is 0.905. The highest BCUT2D eigenvalue weighted by Crippen LogP contribution is 2.28. The Kier molecular flexibility index (Phi) is 3.19. The van der Waals surface area contributed by atoms with Crippen LogP contribution in [0.1, 0.15) is 38.3 Å². The molecule has 2 atom stereocenters. The lowest BCUT2D eigenvalue weighted by Crippen LogP contribution is -2.55. The first kappa shape index (κ1) is 12.7. The van der Waals surface area contributed by atoms with Gasteiger partial charge in [-0.1, -0.05) is 0 Å². The Morgan fingerprint density at radius 2 is 2.25 bits per heavy atom. The minimum absolute atomic E-state index is 0.493. The van der Waals surface area contributed by atoms with Gasteiger partial charge in [-0.3, -0.25) is 4.90 Å². The maximum atomic E-state index is 5.73. The van der Waals surface area contributed by atoms with E-state index >= 15 is 0 Å². The van der Waals surface area contributed by atoms with Crippen LogP contribution in [0.3, 0.4) is 0 Å². The summed E-state index contributed by atoms with van der Waals surface area (Å²) in [5.74, 6) is 0. The Morgan fingerprint density at radius 3 is 3.10 bits per heavy atom. The first-order chi connectivity index (χ1) is 9.79. The lowest BCUT2D eigenvalue weighted by atomic mass is 10.1. The summed E-state index contributed by atoms with van der Waals surface area (Å²) in [7, 11) is 0. The smallest absolute Gasteiger partial charge is 0.297 e. The summed E-state index contributed by atoms with van der Waals surface area (Å²) in [5.41, 5.74) is 1.04. The van der Waals surface area contributed by atoms with Crippen LogP contribution < -0.4 is 10.2 Å². The fraction of sp³-hybridized carbons (Fsp3) is 0.800. The summed E-state index contributed by atoms with van der Waals surface area (Å²) < 4.78 is 5.73. The van der Waals surface area contributed by atoms with E-state index in [1.807, 2.05) is 6.26 Å². The van der Waals surface area contributed by atoms with Crippen molar-refractivity contribution in [2.24, 2.45) is 0 Å². The molecule has 3 aliphatic rings. The van der Waals surface area contributed by atoms with Gasteiger partial charge < -0.3 is 14.6 Å². The lowest BCUT2D eigenvalue weighted by Gasteiger charge is -2.41. The molecule has 3 heterocycles. The Morgan fingerprint density at radius 1 is 1.35 bits per heavy atom. The molecule has 0 amide bonds. The van der Waals surface area contributed by atoms with Crippen LogP contribution in [0.15, 0.2) is 10.7 Å². The fourth-order valence-electron chi connectivity index (χ4n) is 3.50. The SMILES string of the molecule is CC1CN2CCCC2CN1c1nc(CNC2CC2)co1. The summed E-state index contributed by atoms with van der Waals surface area (Å²) in [4.78, 5) is 9.66. The molecule has 1 saturated carbocycles. The summed E-state index contributed by atoms with van der Waals surface area (Å²) in [6.07, 6.45) is 7.10. The molecule has 0 aromatic carbocycles. The van der Waals surface area contributed by atoms with E-state index in [0.29, 0.717) is 12.1 Å². The molecule has 2 saturated heterocycles. The van der Waals surface area contributed by atoms with Crippen molar-refractivity contribution in [3.63, 3.8) is 0 Å². The Balaban J connectivity index is 1.42. The lowest BCUT2D eigenvalue weighted by molar-refractivity contribution is 0.197. The van der Waals surface area contributed by atoms with Gasteiger partial charge in [0.25, 0.3) is 6.01 Å². The number of hydrogen-bond donors (Lipinski definition) is 1. The van der Waals surface area contributed by atoms with Crippen molar-refractivity contribution in [2.75, 3.05) is 24.5 Å². The first-order valence-corrected chi connectivity index (χ1v) is 7.98. The second kappa shape index (κ2) is 5.04. The van der Waals surface area contributed by atoms with Crippen LogP contribution in [0.25, 0.3) is 0 Å². The minimum Gasteiger partial charge on any atom is -0.432 e. The van der Waals surface area contributed by atoms with Crippen LogP contribution in [0.5, 0.6) is 0 Å². The molecule has 5 nitrogen and oxygen atoms in total. The van der Waals surface area contributed by atoms with E-state index in [4.69, 9.17) is 4.42 Å². The molecule has 1 N–H and O–H groups in total. The molecular formula is C15H24N4O. The number of hydrogen-bond acceptors (Lipinski definition) is 5. The van der Waals surface area contributed by atoms with Gasteiger partial charge in [-0.25, -0.2) is 0 Å². The Labute approximate surface area is 120 Å². The molecule has 0 spiro atoms. The molecular weight excluding hydrogens is 252 g/mol. The Hall–Kier alpha value is -1.07. The maximum Gasteiger partial charge on any atom is 0.297 e. The van der Waals surface area contributed by atoms with E-state index in [9.17, 15) is 0 Å². The van der Waals surface area contributed by atoms with Gasteiger partial charge in [0.15, 0.2) is 0 Å². The second-order valence-corrected chi connectivity index (χ2v) is 6.57. The van der Waals surface area contributed by atoms with Crippen molar-refractivity contribution >= 4 is 6.01 Å². The van der Waals surface area contributed by atoms with Crippen LogP contribution in [-0.2, 0) is 6.54 Å². The van der Waals surface area contributed by atoms with Crippen LogP contribution in [0.4, 0.5) is 6.01 Å². The minimum atomic E-state index is 0.493. The molecule has 20 heavy (non-hydrogen) atoms. The van der Waals surface area contributed by atoms with Gasteiger partial charge >= 0.3 is 0 Å². The van der Waals surface area contributed by atoms with Crippen molar-refractivity contribution in [2.45, 2.75) is 57.3 Å². The number of rotatable bonds is 4. The van der Waals surface area contributed by atoms with Gasteiger partial charge in [0.2, 0.25) is 0 Å². The Bertz CT molecular complexity index is 470. The van der Waals surface area contributed by atoms with Gasteiger partial charge in [-0.05, 0) is 39.2 Å². The molecule has 0 bridgehead atoms. The normalized spacial score (nSPS) is 30.8. The molecule has 2 aliphatic heterocycles. The van der Waals surface area contributed by atoms with E-state index in [2.05, 4.69) is 27.0 Å². The standard InChI is InChI=1S/C15H24N4O/c1-11-8-18-6-2-3-14(18)9-19(11)15-17-13(10-20-15)7-16-12-4-5-12/h10-12,14,16H,2-9H2,1H3. The molecule has 2 unspecified atom stereocenters.